The minimum Gasteiger partial charge on any atom is -0.368 e. The number of rotatable bonds is 10. The van der Waals surface area contributed by atoms with Crippen molar-refractivity contribution in [3.05, 3.63) is 72.1 Å². The van der Waals surface area contributed by atoms with Gasteiger partial charge in [-0.15, -0.1) is 0 Å². The predicted octanol–water partition coefficient (Wildman–Crippen LogP) is 1.24. The highest BCUT2D eigenvalue weighted by Crippen LogP contribution is 2.20. The lowest BCUT2D eigenvalue weighted by molar-refractivity contribution is -0.127. The van der Waals surface area contributed by atoms with Crippen molar-refractivity contribution in [2.75, 3.05) is 6.54 Å². The van der Waals surface area contributed by atoms with Gasteiger partial charge in [0.1, 0.15) is 6.04 Å². The molecule has 0 spiro atoms. The molecule has 0 saturated heterocycles. The molecule has 0 aliphatic rings. The molecular formula is C25H28N6O3. The molecule has 2 heterocycles. The van der Waals surface area contributed by atoms with Crippen LogP contribution in [-0.2, 0) is 27.2 Å². The predicted molar refractivity (Wildman–Crippen MR) is 131 cm³/mol. The molecule has 9 heteroatoms. The maximum absolute atomic E-state index is 12.4. The van der Waals surface area contributed by atoms with Crippen LogP contribution in [0.25, 0.3) is 21.8 Å². The summed E-state index contributed by atoms with van der Waals surface area (Å²) in [6, 6.07) is 13.9. The Balaban J connectivity index is 1.26. The van der Waals surface area contributed by atoms with Gasteiger partial charge in [-0.3, -0.25) is 14.4 Å². The second-order valence-electron chi connectivity index (χ2n) is 8.30. The van der Waals surface area contributed by atoms with Crippen molar-refractivity contribution in [2.24, 2.45) is 11.5 Å². The Hall–Kier alpha value is -4.11. The topological polar surface area (TPSA) is 159 Å². The molecule has 176 valence electrons. The zero-order valence-electron chi connectivity index (χ0n) is 18.6. The minimum atomic E-state index is -0.855. The van der Waals surface area contributed by atoms with Crippen LogP contribution in [-0.4, -0.2) is 46.3 Å². The van der Waals surface area contributed by atoms with E-state index in [0.29, 0.717) is 6.42 Å². The molecule has 4 rings (SSSR count). The van der Waals surface area contributed by atoms with Gasteiger partial charge in [-0.05, 0) is 29.7 Å². The molecule has 2 aromatic heterocycles. The molecule has 9 nitrogen and oxygen atoms in total. The van der Waals surface area contributed by atoms with E-state index in [1.807, 2.05) is 60.9 Å². The Bertz CT molecular complexity index is 1320. The summed E-state index contributed by atoms with van der Waals surface area (Å²) in [5, 5.41) is 7.35. The number of aromatic nitrogens is 2. The summed E-state index contributed by atoms with van der Waals surface area (Å²) < 4.78 is 0. The molecule has 0 aliphatic carbocycles. The van der Waals surface area contributed by atoms with Crippen molar-refractivity contribution in [1.82, 2.24) is 20.6 Å². The third-order valence-corrected chi connectivity index (χ3v) is 5.88. The van der Waals surface area contributed by atoms with E-state index in [0.717, 1.165) is 32.9 Å². The highest BCUT2D eigenvalue weighted by molar-refractivity contribution is 5.89. The van der Waals surface area contributed by atoms with Crippen molar-refractivity contribution in [2.45, 2.75) is 31.3 Å². The standard InChI is InChI=1S/C25H28N6O3/c26-19(11-15-13-29-20-7-3-1-5-17(15)20)25(34)28-10-9-23(32)31-22(24(27)33)12-16-14-30-21-8-4-2-6-18(16)21/h1-8,13-14,19,22,29-30H,9-12,26H2,(H2,27,33)(H,28,34)(H,31,32)/t19-,22-/m1/s1. The lowest BCUT2D eigenvalue weighted by Gasteiger charge is -2.16. The van der Waals surface area contributed by atoms with Crippen LogP contribution in [0.5, 0.6) is 0 Å². The van der Waals surface area contributed by atoms with Crippen molar-refractivity contribution >= 4 is 39.5 Å². The number of nitrogens with two attached hydrogens (primary N) is 2. The van der Waals surface area contributed by atoms with E-state index in [-0.39, 0.29) is 31.2 Å². The van der Waals surface area contributed by atoms with Gasteiger partial charge in [0.2, 0.25) is 17.7 Å². The number of H-pyrrole nitrogens is 2. The van der Waals surface area contributed by atoms with Crippen LogP contribution >= 0.6 is 0 Å². The first kappa shape index (κ1) is 23.1. The molecule has 2 aromatic carbocycles. The Morgan fingerprint density at radius 2 is 1.41 bits per heavy atom. The molecule has 0 bridgehead atoms. The summed E-state index contributed by atoms with van der Waals surface area (Å²) in [6.07, 6.45) is 4.30. The third kappa shape index (κ3) is 5.26. The van der Waals surface area contributed by atoms with Gasteiger partial charge < -0.3 is 32.1 Å². The number of amides is 3. The van der Waals surface area contributed by atoms with Crippen LogP contribution in [0.2, 0.25) is 0 Å². The molecule has 3 amide bonds. The smallest absolute Gasteiger partial charge is 0.240 e. The average Bonchev–Trinajstić information content (AvgIpc) is 3.43. The molecule has 0 radical (unpaired) electrons. The van der Waals surface area contributed by atoms with E-state index < -0.39 is 18.0 Å². The monoisotopic (exact) mass is 460 g/mol. The normalized spacial score (nSPS) is 13.0. The van der Waals surface area contributed by atoms with Gasteiger partial charge in [0, 0.05) is 53.6 Å². The molecule has 8 N–H and O–H groups in total. The molecule has 0 fully saturated rings. The van der Waals surface area contributed by atoms with Crippen LogP contribution in [0.1, 0.15) is 17.5 Å². The van der Waals surface area contributed by atoms with E-state index in [4.69, 9.17) is 11.5 Å². The summed E-state index contributed by atoms with van der Waals surface area (Å²) in [6.45, 7) is 0.102. The van der Waals surface area contributed by atoms with Crippen LogP contribution < -0.4 is 22.1 Å². The number of hydrogen-bond acceptors (Lipinski definition) is 4. The molecule has 34 heavy (non-hydrogen) atoms. The number of carbonyl (C=O) groups is 3. The van der Waals surface area contributed by atoms with Crippen LogP contribution in [0, 0.1) is 0 Å². The zero-order valence-corrected chi connectivity index (χ0v) is 18.6. The van der Waals surface area contributed by atoms with Crippen molar-refractivity contribution < 1.29 is 14.4 Å². The third-order valence-electron chi connectivity index (χ3n) is 5.88. The van der Waals surface area contributed by atoms with Crippen molar-refractivity contribution in [3.8, 4) is 0 Å². The van der Waals surface area contributed by atoms with Gasteiger partial charge in [-0.1, -0.05) is 36.4 Å². The van der Waals surface area contributed by atoms with Gasteiger partial charge >= 0.3 is 0 Å². The zero-order chi connectivity index (χ0) is 24.1. The van der Waals surface area contributed by atoms with Crippen molar-refractivity contribution in [3.63, 3.8) is 0 Å². The molecule has 4 aromatic rings. The highest BCUT2D eigenvalue weighted by Gasteiger charge is 2.21. The molecule has 0 saturated carbocycles. The Kier molecular flexibility index (Phi) is 6.93. The number of carbonyl (C=O) groups excluding carboxylic acids is 3. The van der Waals surface area contributed by atoms with E-state index in [9.17, 15) is 14.4 Å². The summed E-state index contributed by atoms with van der Waals surface area (Å²) in [5.41, 5.74) is 15.4. The van der Waals surface area contributed by atoms with Gasteiger partial charge in [0.05, 0.1) is 6.04 Å². The van der Waals surface area contributed by atoms with E-state index in [2.05, 4.69) is 20.6 Å². The fourth-order valence-corrected chi connectivity index (χ4v) is 4.07. The molecule has 2 atom stereocenters. The number of hydrogen-bond donors (Lipinski definition) is 6. The largest absolute Gasteiger partial charge is 0.368 e. The van der Waals surface area contributed by atoms with Gasteiger partial charge in [-0.25, -0.2) is 0 Å². The van der Waals surface area contributed by atoms with Crippen LogP contribution in [0.3, 0.4) is 0 Å². The molecular weight excluding hydrogens is 432 g/mol. The lowest BCUT2D eigenvalue weighted by atomic mass is 10.0. The summed E-state index contributed by atoms with van der Waals surface area (Å²) in [7, 11) is 0. The Labute approximate surface area is 196 Å². The van der Waals surface area contributed by atoms with Crippen LogP contribution in [0.4, 0.5) is 0 Å². The lowest BCUT2D eigenvalue weighted by Crippen LogP contribution is -2.47. The first-order valence-corrected chi connectivity index (χ1v) is 11.1. The number of nitrogens with one attached hydrogen (secondary N) is 4. The quantitative estimate of drug-likeness (QED) is 0.210. The first-order chi connectivity index (χ1) is 16.4. The Morgan fingerprint density at radius 1 is 0.853 bits per heavy atom. The minimum absolute atomic E-state index is 0.00318. The number of primary amides is 1. The molecule has 0 unspecified atom stereocenters. The summed E-state index contributed by atoms with van der Waals surface area (Å²) in [5.74, 6) is -1.35. The Morgan fingerprint density at radius 3 is 2.00 bits per heavy atom. The number of aromatic amines is 2. The fraction of sp³-hybridized carbons (Fsp3) is 0.240. The van der Waals surface area contributed by atoms with Crippen molar-refractivity contribution in [1.29, 1.82) is 0 Å². The summed E-state index contributed by atoms with van der Waals surface area (Å²) in [4.78, 5) is 43.0. The van der Waals surface area contributed by atoms with Gasteiger partial charge in [0.25, 0.3) is 0 Å². The highest BCUT2D eigenvalue weighted by atomic mass is 16.2. The maximum Gasteiger partial charge on any atom is 0.240 e. The number of benzene rings is 2. The summed E-state index contributed by atoms with van der Waals surface area (Å²) >= 11 is 0. The number of fused-ring (bicyclic) bond motifs is 2. The number of para-hydroxylation sites is 2. The van der Waals surface area contributed by atoms with E-state index in [1.165, 1.54) is 0 Å². The second kappa shape index (κ2) is 10.2. The van der Waals surface area contributed by atoms with Gasteiger partial charge in [-0.2, -0.15) is 0 Å². The first-order valence-electron chi connectivity index (χ1n) is 11.1. The van der Waals surface area contributed by atoms with Crippen LogP contribution in [0.15, 0.2) is 60.9 Å². The second-order valence-corrected chi connectivity index (χ2v) is 8.30. The van der Waals surface area contributed by atoms with Gasteiger partial charge in [0.15, 0.2) is 0 Å². The average molecular weight is 461 g/mol. The SMILES string of the molecule is NC(=O)[C@@H](Cc1c[nH]c2ccccc12)NC(=O)CCNC(=O)[C@H](N)Cc1c[nH]c2ccccc12. The maximum atomic E-state index is 12.4. The fourth-order valence-electron chi connectivity index (χ4n) is 4.07. The van der Waals surface area contributed by atoms with E-state index in [1.54, 1.807) is 0 Å². The molecule has 0 aliphatic heterocycles. The van der Waals surface area contributed by atoms with E-state index >= 15 is 0 Å².